The molecule has 0 radical (unpaired) electrons. The molecular weight excluding hydrogens is 543 g/mol. The predicted molar refractivity (Wildman–Crippen MR) is 121 cm³/mol. The number of hydrogen-bond donors (Lipinski definition) is 0. The molecule has 0 spiro atoms. The van der Waals surface area contributed by atoms with E-state index in [2.05, 4.69) is 40.2 Å². The molecule has 0 unspecified atom stereocenters. The van der Waals surface area contributed by atoms with Gasteiger partial charge in [-0.15, -0.1) is 11.8 Å². The highest BCUT2D eigenvalue weighted by Crippen LogP contribution is 2.31. The molecule has 0 bridgehead atoms. The van der Waals surface area contributed by atoms with E-state index in [1.165, 1.54) is 16.4 Å². The highest BCUT2D eigenvalue weighted by Gasteiger charge is 2.33. The number of thioether (sulfide) groups is 1. The van der Waals surface area contributed by atoms with E-state index in [0.29, 0.717) is 18.0 Å². The van der Waals surface area contributed by atoms with Crippen molar-refractivity contribution in [2.24, 2.45) is 7.05 Å². The number of benzene rings is 1. The van der Waals surface area contributed by atoms with Crippen LogP contribution in [-0.4, -0.2) is 54.1 Å². The number of allylic oxidation sites excluding steroid dienone is 3. The Balaban J connectivity index is 0.00000231. The fourth-order valence-electron chi connectivity index (χ4n) is 4.87. The molecule has 2 saturated heterocycles. The molecule has 168 valence electrons. The summed E-state index contributed by atoms with van der Waals surface area (Å²) in [5.74, 6) is 2.34. The predicted octanol–water partition coefficient (Wildman–Crippen LogP) is -0.0485. The minimum absolute atomic E-state index is 0. The number of sulfonamides is 1. The van der Waals surface area contributed by atoms with Crippen molar-refractivity contribution < 1.29 is 37.0 Å². The third-order valence-corrected chi connectivity index (χ3v) is 9.47. The summed E-state index contributed by atoms with van der Waals surface area (Å²) in [7, 11) is -1.35. The Hall–Kier alpha value is -1.04. The third kappa shape index (κ3) is 3.95. The summed E-state index contributed by atoms with van der Waals surface area (Å²) in [6, 6.07) is 5.62. The first kappa shape index (κ1) is 23.1. The van der Waals surface area contributed by atoms with Gasteiger partial charge >= 0.3 is 0 Å². The van der Waals surface area contributed by atoms with Crippen molar-refractivity contribution in [3.63, 3.8) is 0 Å². The maximum Gasteiger partial charge on any atom is 0.285 e. The number of imidazole rings is 1. The Bertz CT molecular complexity index is 1160. The lowest BCUT2D eigenvalue weighted by Crippen LogP contribution is -3.00. The maximum absolute atomic E-state index is 13.0. The second-order valence-electron chi connectivity index (χ2n) is 8.17. The summed E-state index contributed by atoms with van der Waals surface area (Å²) in [5.41, 5.74) is 3.40. The molecule has 5 rings (SSSR count). The number of aryl methyl sites for hydroxylation is 2. The molecule has 4 heterocycles. The second-order valence-corrected chi connectivity index (χ2v) is 11.2. The number of halogens is 1. The molecule has 2 fully saturated rings. The molecule has 31 heavy (non-hydrogen) atoms. The van der Waals surface area contributed by atoms with Crippen molar-refractivity contribution in [3.05, 3.63) is 41.2 Å². The van der Waals surface area contributed by atoms with Crippen LogP contribution in [0.15, 0.2) is 40.3 Å². The van der Waals surface area contributed by atoms with Crippen LogP contribution in [0.1, 0.15) is 32.0 Å². The van der Waals surface area contributed by atoms with Gasteiger partial charge in [0.15, 0.2) is 11.0 Å². The smallest absolute Gasteiger partial charge is 0.285 e. The molecule has 2 aromatic rings. The molecule has 0 atom stereocenters. The lowest BCUT2D eigenvalue weighted by molar-refractivity contribution is -0.664. The van der Waals surface area contributed by atoms with Crippen LogP contribution < -0.4 is 28.5 Å². The first-order valence-electron chi connectivity index (χ1n) is 10.8. The molecule has 3 aliphatic rings. The van der Waals surface area contributed by atoms with Gasteiger partial charge < -0.3 is 28.9 Å². The van der Waals surface area contributed by atoms with Crippen LogP contribution in [0.2, 0.25) is 0 Å². The van der Waals surface area contributed by atoms with E-state index in [0.717, 1.165) is 55.7 Å². The number of fused-ring (bicyclic) bond motifs is 3. The summed E-state index contributed by atoms with van der Waals surface area (Å²) in [6.45, 7) is 6.57. The van der Waals surface area contributed by atoms with E-state index in [9.17, 15) is 8.42 Å². The average Bonchev–Trinajstić information content (AvgIpc) is 3.53. The minimum atomic E-state index is -3.40. The first-order chi connectivity index (χ1) is 14.5. The zero-order chi connectivity index (χ0) is 20.9. The highest BCUT2D eigenvalue weighted by molar-refractivity contribution is 8.03. The Morgan fingerprint density at radius 2 is 1.94 bits per heavy atom. The monoisotopic (exact) mass is 572 g/mol. The molecule has 3 aliphatic heterocycles. The van der Waals surface area contributed by atoms with Crippen molar-refractivity contribution in [2.75, 3.05) is 31.9 Å². The Morgan fingerprint density at radius 1 is 1.16 bits per heavy atom. The van der Waals surface area contributed by atoms with Gasteiger partial charge in [-0.05, 0) is 44.1 Å². The second kappa shape index (κ2) is 9.07. The van der Waals surface area contributed by atoms with E-state index in [1.807, 2.05) is 23.9 Å². The number of nitrogens with zero attached hydrogens (tertiary/aromatic N) is 4. The molecule has 1 aromatic carbocycles. The zero-order valence-electron chi connectivity index (χ0n) is 18.1. The van der Waals surface area contributed by atoms with E-state index < -0.39 is 10.0 Å². The van der Waals surface area contributed by atoms with Crippen LogP contribution in [0.4, 0.5) is 0 Å². The van der Waals surface area contributed by atoms with Gasteiger partial charge in [0.05, 0.1) is 23.5 Å². The average molecular weight is 573 g/mol. The van der Waals surface area contributed by atoms with E-state index in [1.54, 1.807) is 10.4 Å². The quantitative estimate of drug-likeness (QED) is 0.381. The van der Waals surface area contributed by atoms with Gasteiger partial charge in [-0.3, -0.25) is 0 Å². The van der Waals surface area contributed by atoms with Gasteiger partial charge in [-0.2, -0.15) is 4.31 Å². The SMILES string of the molecule is CCN1CCSC1=CC=C1CC[n+]2c1n(C)c1cc(S(=O)(=O)N3CCCC3)ccc12.[I-]. The van der Waals surface area contributed by atoms with Crippen molar-refractivity contribution in [1.29, 1.82) is 0 Å². The Labute approximate surface area is 206 Å². The van der Waals surface area contributed by atoms with Crippen LogP contribution in [0.3, 0.4) is 0 Å². The van der Waals surface area contributed by atoms with Gasteiger partial charge in [0.1, 0.15) is 0 Å². The summed E-state index contributed by atoms with van der Waals surface area (Å²) in [4.78, 5) is 2.83. The van der Waals surface area contributed by atoms with Gasteiger partial charge in [-0.25, -0.2) is 17.6 Å². The van der Waals surface area contributed by atoms with Crippen molar-refractivity contribution in [3.8, 4) is 0 Å². The normalized spacial score (nSPS) is 22.1. The molecule has 1 aromatic heterocycles. The lowest BCUT2D eigenvalue weighted by atomic mass is 10.2. The van der Waals surface area contributed by atoms with Crippen molar-refractivity contribution >= 4 is 38.4 Å². The van der Waals surface area contributed by atoms with Gasteiger partial charge in [0.2, 0.25) is 10.0 Å². The van der Waals surface area contributed by atoms with Gasteiger partial charge in [-0.1, -0.05) is 0 Å². The lowest BCUT2D eigenvalue weighted by Gasteiger charge is -2.15. The zero-order valence-corrected chi connectivity index (χ0v) is 21.8. The van der Waals surface area contributed by atoms with E-state index in [4.69, 9.17) is 0 Å². The van der Waals surface area contributed by atoms with E-state index >= 15 is 0 Å². The van der Waals surface area contributed by atoms with Crippen LogP contribution in [0, 0.1) is 0 Å². The fourth-order valence-corrected chi connectivity index (χ4v) is 7.49. The Kier molecular flexibility index (Phi) is 6.77. The molecule has 0 amide bonds. The standard InChI is InChI=1S/C22H29N4O2S2.HI/c1-3-24-14-15-29-21(24)9-6-17-10-13-26-19-8-7-18(16-20(19)23(2)22(17)26)30(27,28)25-11-4-5-12-25;/h6-9,16H,3-5,10-15H2,1-2H3;1H/q+1;/p-1. The molecular formula is C22H29IN4O2S2. The van der Waals surface area contributed by atoms with Crippen LogP contribution >= 0.6 is 11.8 Å². The molecule has 0 aliphatic carbocycles. The molecule has 0 N–H and O–H groups in total. The van der Waals surface area contributed by atoms with Crippen molar-refractivity contribution in [2.45, 2.75) is 37.6 Å². The Morgan fingerprint density at radius 3 is 2.68 bits per heavy atom. The van der Waals surface area contributed by atoms with Crippen molar-refractivity contribution in [1.82, 2.24) is 13.8 Å². The van der Waals surface area contributed by atoms with Gasteiger partial charge in [0, 0.05) is 50.0 Å². The van der Waals surface area contributed by atoms with Gasteiger partial charge in [0.25, 0.3) is 5.82 Å². The number of hydrogen-bond acceptors (Lipinski definition) is 4. The first-order valence-corrected chi connectivity index (χ1v) is 13.2. The molecule has 6 nitrogen and oxygen atoms in total. The minimum Gasteiger partial charge on any atom is -1.00 e. The maximum atomic E-state index is 13.0. The topological polar surface area (TPSA) is 49.4 Å². The summed E-state index contributed by atoms with van der Waals surface area (Å²) < 4.78 is 32.1. The summed E-state index contributed by atoms with van der Waals surface area (Å²) >= 11 is 1.92. The number of aromatic nitrogens is 2. The molecule has 9 heteroatoms. The largest absolute Gasteiger partial charge is 1.00 e. The summed E-state index contributed by atoms with van der Waals surface area (Å²) in [5, 5.41) is 1.35. The van der Waals surface area contributed by atoms with Crippen LogP contribution in [-0.2, 0) is 23.6 Å². The molecule has 0 saturated carbocycles. The fraction of sp³-hybridized carbons (Fsp3) is 0.500. The number of rotatable bonds is 4. The van der Waals surface area contributed by atoms with Crippen LogP contribution in [0.25, 0.3) is 16.6 Å². The van der Waals surface area contributed by atoms with Crippen LogP contribution in [0.5, 0.6) is 0 Å². The summed E-state index contributed by atoms with van der Waals surface area (Å²) in [6.07, 6.45) is 7.43. The highest BCUT2D eigenvalue weighted by atomic mass is 127. The van der Waals surface area contributed by atoms with E-state index in [-0.39, 0.29) is 24.0 Å². The third-order valence-electron chi connectivity index (χ3n) is 6.50.